The van der Waals surface area contributed by atoms with Gasteiger partial charge in [-0.1, -0.05) is 111 Å². The molecule has 6 heterocycles. The molecule has 0 saturated carbocycles. The molecule has 0 radical (unpaired) electrons. The van der Waals surface area contributed by atoms with Crippen LogP contribution in [0.1, 0.15) is 149 Å². The molecule has 0 aromatic carbocycles. The molecule has 4 unspecified atom stereocenters. The Morgan fingerprint density at radius 3 is 1.15 bits per heavy atom. The number of hydrogen-bond donors (Lipinski definition) is 5. The van der Waals surface area contributed by atoms with Gasteiger partial charge in [-0.05, 0) is 70.0 Å². The van der Waals surface area contributed by atoms with E-state index >= 15 is 0 Å². The normalized spacial score (nSPS) is 27.5. The minimum Gasteiger partial charge on any atom is -0.414 e. The van der Waals surface area contributed by atoms with E-state index < -0.39 is 124 Å². The van der Waals surface area contributed by atoms with Gasteiger partial charge >= 0.3 is 45.6 Å². The van der Waals surface area contributed by atoms with Crippen LogP contribution in [0.15, 0.2) is 43.7 Å². The summed E-state index contributed by atoms with van der Waals surface area (Å²) >= 11 is 9.53. The van der Waals surface area contributed by atoms with Crippen LogP contribution in [0.2, 0.25) is 44.3 Å². The van der Waals surface area contributed by atoms with Crippen molar-refractivity contribution in [3.05, 3.63) is 66.2 Å². The molecule has 4 fully saturated rings. The van der Waals surface area contributed by atoms with Gasteiger partial charge < -0.3 is 50.7 Å². The van der Waals surface area contributed by atoms with E-state index in [9.17, 15) is 51.3 Å². The number of rotatable bonds is 18. The molecule has 2 aromatic rings. The highest BCUT2D eigenvalue weighted by atomic mass is 35.7. The van der Waals surface area contributed by atoms with Crippen LogP contribution in [-0.2, 0) is 58.8 Å². The highest BCUT2D eigenvalue weighted by molar-refractivity contribution is 8.13. The van der Waals surface area contributed by atoms with E-state index in [0.717, 1.165) is 17.1 Å². The third-order valence-corrected chi connectivity index (χ3v) is 36.8. The SMILES string of the molecule is CC(C)[Si]1(C(C)C)OCC2OC(n3ccc(=O)[nH]c3=O)[C@](O)(CCCO)[C@@H]2O[Si](C(C)C)(C(C)C)O1.CC(C)[Si]1(C(C)C)OCC2OC(n3ccc(=O)[nH]c3=O)[C@](O)(CCCOS(C)(=O)=O)[C@@H]2O[Si](C(C)C)(C(C)C)O1.CS(=O)(=O)Cl.ClCCl. The van der Waals surface area contributed by atoms with Crippen molar-refractivity contribution in [1.29, 1.82) is 0 Å². The van der Waals surface area contributed by atoms with Crippen molar-refractivity contribution in [2.45, 2.75) is 229 Å². The van der Waals surface area contributed by atoms with E-state index in [4.69, 9.17) is 62.8 Å². The zero-order valence-corrected chi connectivity index (χ0v) is 59.8. The minimum atomic E-state index is -3.69. The smallest absolute Gasteiger partial charge is 0.335 e. The lowest BCUT2D eigenvalue weighted by molar-refractivity contribution is -0.116. The van der Waals surface area contributed by atoms with E-state index in [1.807, 2.05) is 0 Å². The predicted octanol–water partition coefficient (Wildman–Crippen LogP) is 7.38. The first-order valence-electron chi connectivity index (χ1n) is 28.4. The Kier molecular flexibility index (Phi) is 28.4. The monoisotopic (exact) mass is 1360 g/mol. The highest BCUT2D eigenvalue weighted by Gasteiger charge is 2.68. The van der Waals surface area contributed by atoms with Crippen LogP contribution in [0.4, 0.5) is 0 Å². The van der Waals surface area contributed by atoms with Crippen LogP contribution in [0.5, 0.6) is 0 Å². The van der Waals surface area contributed by atoms with Crippen molar-refractivity contribution in [3.8, 4) is 0 Å². The van der Waals surface area contributed by atoms with Crippen LogP contribution in [0, 0.1) is 0 Å². The van der Waals surface area contributed by atoms with E-state index in [1.165, 1.54) is 29.1 Å². The Balaban J connectivity index is 0.000000392. The van der Waals surface area contributed by atoms with Gasteiger partial charge in [0.05, 0.1) is 37.7 Å². The molecule has 8 atom stereocenters. The molecule has 0 bridgehead atoms. The fourth-order valence-electron chi connectivity index (χ4n) is 11.8. The molecule has 0 spiro atoms. The molecular formula is C51H95Cl3N4O20S2Si4. The van der Waals surface area contributed by atoms with Crippen molar-refractivity contribution in [2.24, 2.45) is 0 Å². The maximum absolute atomic E-state index is 12.9. The second-order valence-electron chi connectivity index (χ2n) is 24.3. The van der Waals surface area contributed by atoms with Crippen LogP contribution < -0.4 is 22.5 Å². The minimum absolute atomic E-state index is 0.0163. The van der Waals surface area contributed by atoms with Crippen molar-refractivity contribution in [3.63, 3.8) is 0 Å². The number of aliphatic hydroxyl groups is 3. The fourth-order valence-corrected chi connectivity index (χ4v) is 34.7. The van der Waals surface area contributed by atoms with Crippen LogP contribution >= 0.6 is 33.9 Å². The molecule has 33 heteroatoms. The number of nitrogens with zero attached hydrogens (tertiary/aromatic N) is 2. The predicted molar refractivity (Wildman–Crippen MR) is 332 cm³/mol. The average molecular weight is 1370 g/mol. The topological polar surface area (TPSA) is 322 Å². The summed E-state index contributed by atoms with van der Waals surface area (Å²) in [4.78, 5) is 53.6. The first-order valence-corrected chi connectivity index (χ1v) is 41.9. The summed E-state index contributed by atoms with van der Waals surface area (Å²) in [5, 5.41) is 34.4. The Labute approximate surface area is 514 Å². The number of aliphatic hydroxyl groups excluding tert-OH is 1. The number of fused-ring (bicyclic) bond motifs is 2. The van der Waals surface area contributed by atoms with Crippen molar-refractivity contribution in [2.75, 3.05) is 44.3 Å². The van der Waals surface area contributed by atoms with Gasteiger partial charge in [-0.15, -0.1) is 23.2 Å². The van der Waals surface area contributed by atoms with Crippen LogP contribution in [-0.4, -0.2) is 165 Å². The van der Waals surface area contributed by atoms with Crippen molar-refractivity contribution < 1.29 is 71.7 Å². The van der Waals surface area contributed by atoms with Gasteiger partial charge in [0.2, 0.25) is 9.05 Å². The number of alkyl halides is 2. The standard InChI is InChI=1S/C25H46N2O10SSi2.C24H44N2O8Si2.CH2Cl2.CH3ClO2S/c1-16(2)39(17(3)4)34-15-20-22(36-40(37-39,18(5)6)19(7)8)25(30,12-10-14-33-38(9,31)32)23(35-20)27-13-11-21(28)26-24(27)29;1-15(2)35(16(3)4)31-14-19-21(33-36(34-35,17(5)6)18(7)8)24(30,11-9-13-27)22(32-19)26-12-10-20(28)25-23(26)29;2-1-3;1-5(2,3)4/h11,13,16-20,22-23,30H,10,12,14-15H2,1-9H3,(H,26,28,29);10,12,15-19,21-22,27,30H,9,11,13-14H2,1-8H3,(H,25,28,29);1H2;1H3/t20?,22-,23?,25+;19?,21-,22?,24+;;/m11../s1. The van der Waals surface area contributed by atoms with Crippen molar-refractivity contribution >= 4 is 87.3 Å². The molecular weight excluding hydrogens is 1270 g/mol. The molecule has 2 aromatic heterocycles. The number of hydrogen-bond acceptors (Lipinski definition) is 20. The van der Waals surface area contributed by atoms with E-state index in [-0.39, 0.29) is 102 Å². The molecule has 5 N–H and O–H groups in total. The lowest BCUT2D eigenvalue weighted by atomic mass is 9.89. The summed E-state index contributed by atoms with van der Waals surface area (Å²) in [6, 6.07) is 2.39. The van der Waals surface area contributed by atoms with Gasteiger partial charge in [-0.2, -0.15) is 8.42 Å². The first-order chi connectivity index (χ1) is 38.6. The molecule has 488 valence electrons. The summed E-state index contributed by atoms with van der Waals surface area (Å²) in [7, 11) is -14.3. The molecule has 0 aliphatic carbocycles. The fraction of sp³-hybridized carbons (Fsp3) is 0.843. The third-order valence-electron chi connectivity index (χ3n) is 15.7. The number of aromatic nitrogens is 4. The highest BCUT2D eigenvalue weighted by Crippen LogP contribution is 2.54. The second-order valence-corrected chi connectivity index (χ2v) is 47.5. The van der Waals surface area contributed by atoms with Crippen molar-refractivity contribution in [1.82, 2.24) is 19.1 Å². The largest absolute Gasteiger partial charge is 0.414 e. The molecule has 4 aliphatic heterocycles. The first kappa shape index (κ1) is 76.8. The number of halogens is 3. The third kappa shape index (κ3) is 17.9. The second kappa shape index (κ2) is 31.0. The molecule has 4 saturated heterocycles. The molecule has 84 heavy (non-hydrogen) atoms. The van der Waals surface area contributed by atoms with E-state index in [1.54, 1.807) is 0 Å². The van der Waals surface area contributed by atoms with E-state index in [2.05, 4.69) is 131 Å². The lowest BCUT2D eigenvalue weighted by Crippen LogP contribution is -2.67. The lowest BCUT2D eigenvalue weighted by Gasteiger charge is -2.52. The quantitative estimate of drug-likeness (QED) is 0.0319. The Bertz CT molecular complexity index is 2860. The maximum Gasteiger partial charge on any atom is 0.335 e. The zero-order chi connectivity index (χ0) is 64.5. The van der Waals surface area contributed by atoms with Gasteiger partial charge in [0.25, 0.3) is 21.2 Å². The van der Waals surface area contributed by atoms with Crippen LogP contribution in [0.25, 0.3) is 0 Å². The van der Waals surface area contributed by atoms with Gasteiger partial charge in [0.1, 0.15) is 35.6 Å². The maximum atomic E-state index is 12.9. The molecule has 0 amide bonds. The summed E-state index contributed by atoms with van der Waals surface area (Å²) in [5.41, 5.74) is -5.50. The average Bonchev–Trinajstić information content (AvgIpc) is 2.03. The summed E-state index contributed by atoms with van der Waals surface area (Å²) < 4.78 is 104. The molecule has 4 aliphatic rings. The Morgan fingerprint density at radius 1 is 0.595 bits per heavy atom. The summed E-state index contributed by atoms with van der Waals surface area (Å²) in [5.74, 6) is 0. The van der Waals surface area contributed by atoms with Gasteiger partial charge in [0.15, 0.2) is 12.5 Å². The van der Waals surface area contributed by atoms with E-state index in [0.29, 0.717) is 0 Å². The number of ether oxygens (including phenoxy) is 2. The summed E-state index contributed by atoms with van der Waals surface area (Å²) in [6.07, 6.45) is -0.633. The Hall–Kier alpha value is -1.48. The van der Waals surface area contributed by atoms with Gasteiger partial charge in [-0.25, -0.2) is 18.0 Å². The van der Waals surface area contributed by atoms with Gasteiger partial charge in [-0.3, -0.25) is 32.9 Å². The van der Waals surface area contributed by atoms with Gasteiger partial charge in [0, 0.05) is 41.8 Å². The molecule has 6 rings (SSSR count). The number of H-pyrrole nitrogens is 2. The number of nitrogens with one attached hydrogen (secondary N) is 2. The van der Waals surface area contributed by atoms with Crippen LogP contribution in [0.3, 0.4) is 0 Å². The summed E-state index contributed by atoms with van der Waals surface area (Å²) in [6.45, 7) is 33.4. The number of aromatic amines is 2. The molecule has 24 nitrogen and oxygen atoms in total. The Morgan fingerprint density at radius 2 is 0.893 bits per heavy atom. The zero-order valence-electron chi connectivity index (χ0n) is 51.9.